The molecule has 1 fully saturated rings. The van der Waals surface area contributed by atoms with Gasteiger partial charge in [0.05, 0.1) is 7.11 Å². The molecule has 3 rings (SSSR count). The Balaban J connectivity index is 1.98. The van der Waals surface area contributed by atoms with Gasteiger partial charge in [0.1, 0.15) is 11.3 Å². The van der Waals surface area contributed by atoms with Crippen LogP contribution in [0.5, 0.6) is 11.8 Å². The Kier molecular flexibility index (Phi) is 8.70. The largest absolute Gasteiger partial charge is 0.481 e. The first-order chi connectivity index (χ1) is 17.8. The average Bonchev–Trinajstić information content (AvgIpc) is 2.86. The predicted molar refractivity (Wildman–Crippen MR) is 129 cm³/mol. The maximum absolute atomic E-state index is 14.3. The molecule has 1 aliphatic carbocycles. The second-order valence-corrected chi connectivity index (χ2v) is 9.24. The minimum absolute atomic E-state index is 0.0356. The third-order valence-corrected chi connectivity index (χ3v) is 6.52. The van der Waals surface area contributed by atoms with Crippen LogP contribution in [0.3, 0.4) is 0 Å². The highest BCUT2D eigenvalue weighted by atomic mass is 19.3. The lowest BCUT2D eigenvalue weighted by Crippen LogP contribution is -2.57. The van der Waals surface area contributed by atoms with Crippen LogP contribution in [0.1, 0.15) is 51.0 Å². The molecule has 3 N–H and O–H groups in total. The number of aliphatic hydroxyl groups is 1. The maximum Gasteiger partial charge on any atom is 0.388 e. The molecule has 1 aliphatic rings. The van der Waals surface area contributed by atoms with Crippen LogP contribution >= 0.6 is 0 Å². The number of methoxy groups -OCH3 is 1. The van der Waals surface area contributed by atoms with Gasteiger partial charge in [0, 0.05) is 17.8 Å². The number of pyridine rings is 1. The van der Waals surface area contributed by atoms with Crippen molar-refractivity contribution in [2.24, 2.45) is 0 Å². The molecule has 1 aromatic heterocycles. The van der Waals surface area contributed by atoms with Crippen LogP contribution in [0.2, 0.25) is 0 Å². The van der Waals surface area contributed by atoms with Gasteiger partial charge >= 0.3 is 24.5 Å². The SMILES string of the molecule is COc1ccc(NC(=O)N(c2ccccc2C(C)C)C2CCC(O)(C(F)(F)C(=O)O)CC2)c(OC(F)F)n1. The number of benzene rings is 1. The number of anilines is 2. The van der Waals surface area contributed by atoms with Crippen LogP contribution < -0.4 is 19.7 Å². The van der Waals surface area contributed by atoms with Gasteiger partial charge in [-0.1, -0.05) is 32.0 Å². The van der Waals surface area contributed by atoms with Gasteiger partial charge < -0.3 is 25.0 Å². The number of alkyl halides is 4. The molecule has 9 nitrogen and oxygen atoms in total. The number of carbonyl (C=O) groups excluding carboxylic acids is 1. The molecular weight excluding hydrogens is 514 g/mol. The highest BCUT2D eigenvalue weighted by Crippen LogP contribution is 2.43. The van der Waals surface area contributed by atoms with E-state index in [1.807, 2.05) is 13.8 Å². The van der Waals surface area contributed by atoms with E-state index in [0.29, 0.717) is 5.69 Å². The summed E-state index contributed by atoms with van der Waals surface area (Å²) in [5.74, 6) is -7.50. The molecule has 0 spiro atoms. The van der Waals surface area contributed by atoms with Crippen molar-refractivity contribution in [1.29, 1.82) is 0 Å². The summed E-state index contributed by atoms with van der Waals surface area (Å²) in [5.41, 5.74) is -1.78. The molecule has 0 bridgehead atoms. The van der Waals surface area contributed by atoms with Crippen LogP contribution in [0.4, 0.5) is 33.7 Å². The van der Waals surface area contributed by atoms with Crippen LogP contribution in [0.25, 0.3) is 0 Å². The van der Waals surface area contributed by atoms with E-state index in [-0.39, 0.29) is 30.3 Å². The minimum Gasteiger partial charge on any atom is -0.481 e. The number of aromatic nitrogens is 1. The van der Waals surface area contributed by atoms with E-state index < -0.39 is 54.9 Å². The smallest absolute Gasteiger partial charge is 0.388 e. The molecule has 38 heavy (non-hydrogen) atoms. The Morgan fingerprint density at radius 1 is 1.16 bits per heavy atom. The molecule has 0 radical (unpaired) electrons. The molecule has 2 aromatic rings. The van der Waals surface area contributed by atoms with Gasteiger partial charge in [-0.2, -0.15) is 22.5 Å². The van der Waals surface area contributed by atoms with E-state index in [1.54, 1.807) is 24.3 Å². The van der Waals surface area contributed by atoms with Crippen molar-refractivity contribution >= 4 is 23.4 Å². The molecule has 0 unspecified atom stereocenters. The maximum atomic E-state index is 14.3. The minimum atomic E-state index is -4.38. The molecule has 1 saturated carbocycles. The number of halogens is 4. The van der Waals surface area contributed by atoms with Gasteiger partial charge in [-0.15, -0.1) is 0 Å². The summed E-state index contributed by atoms with van der Waals surface area (Å²) in [5, 5.41) is 21.9. The molecule has 13 heteroatoms. The van der Waals surface area contributed by atoms with E-state index >= 15 is 0 Å². The van der Waals surface area contributed by atoms with E-state index in [0.717, 1.165) is 5.56 Å². The number of hydrogen-bond acceptors (Lipinski definition) is 6. The van der Waals surface area contributed by atoms with Gasteiger partial charge in [0.15, 0.2) is 0 Å². The van der Waals surface area contributed by atoms with E-state index in [9.17, 15) is 32.3 Å². The number of nitrogens with zero attached hydrogens (tertiary/aromatic N) is 2. The molecule has 0 aliphatic heterocycles. The van der Waals surface area contributed by atoms with Crippen molar-refractivity contribution in [3.63, 3.8) is 0 Å². The number of hydrogen-bond donors (Lipinski definition) is 3. The Morgan fingerprint density at radius 2 is 1.79 bits per heavy atom. The summed E-state index contributed by atoms with van der Waals surface area (Å²) in [6, 6.07) is 7.97. The van der Waals surface area contributed by atoms with E-state index in [2.05, 4.69) is 15.0 Å². The number of para-hydroxylation sites is 1. The molecule has 2 amide bonds. The second kappa shape index (κ2) is 11.4. The van der Waals surface area contributed by atoms with Gasteiger partial charge in [-0.25, -0.2) is 9.59 Å². The quantitative estimate of drug-likeness (QED) is 0.370. The van der Waals surface area contributed by atoms with E-state index in [4.69, 9.17) is 9.84 Å². The zero-order valence-corrected chi connectivity index (χ0v) is 21.0. The third-order valence-electron chi connectivity index (χ3n) is 6.52. The highest BCUT2D eigenvalue weighted by molar-refractivity contribution is 6.03. The summed E-state index contributed by atoms with van der Waals surface area (Å²) < 4.78 is 63.9. The molecule has 0 saturated heterocycles. The number of carboxylic acids is 1. The van der Waals surface area contributed by atoms with Crippen molar-refractivity contribution in [2.75, 3.05) is 17.3 Å². The second-order valence-electron chi connectivity index (χ2n) is 9.24. The normalized spacial score (nSPS) is 19.8. The first-order valence-electron chi connectivity index (χ1n) is 11.8. The number of carbonyl (C=O) groups is 2. The number of rotatable bonds is 9. The number of amides is 2. The van der Waals surface area contributed by atoms with Gasteiger partial charge in [0.25, 0.3) is 0 Å². The Hall–Kier alpha value is -3.61. The monoisotopic (exact) mass is 543 g/mol. The predicted octanol–water partition coefficient (Wildman–Crippen LogP) is 5.25. The van der Waals surface area contributed by atoms with Crippen LogP contribution in [0.15, 0.2) is 36.4 Å². The number of urea groups is 1. The van der Waals surface area contributed by atoms with Crippen LogP contribution in [0, 0.1) is 0 Å². The first kappa shape index (κ1) is 29.0. The lowest BCUT2D eigenvalue weighted by molar-refractivity contribution is -0.216. The fourth-order valence-electron chi connectivity index (χ4n) is 4.50. The fraction of sp³-hybridized carbons (Fsp3) is 0.480. The zero-order chi connectivity index (χ0) is 28.3. The first-order valence-corrected chi connectivity index (χ1v) is 11.8. The zero-order valence-electron chi connectivity index (χ0n) is 21.0. The molecular formula is C25H29F4N3O6. The summed E-state index contributed by atoms with van der Waals surface area (Å²) >= 11 is 0. The average molecular weight is 544 g/mol. The number of ether oxygens (including phenoxy) is 2. The van der Waals surface area contributed by atoms with Crippen molar-refractivity contribution in [2.45, 2.75) is 69.6 Å². The van der Waals surface area contributed by atoms with Crippen LogP contribution in [-0.4, -0.2) is 58.5 Å². The molecule has 1 aromatic carbocycles. The third kappa shape index (κ3) is 5.93. The topological polar surface area (TPSA) is 121 Å². The number of carboxylic acid groups (broad SMARTS) is 1. The van der Waals surface area contributed by atoms with Gasteiger partial charge in [0.2, 0.25) is 11.8 Å². The summed E-state index contributed by atoms with van der Waals surface area (Å²) in [6.07, 6.45) is -1.48. The van der Waals surface area contributed by atoms with Crippen molar-refractivity contribution in [3.05, 3.63) is 42.0 Å². The summed E-state index contributed by atoms with van der Waals surface area (Å²) in [4.78, 5) is 29.9. The van der Waals surface area contributed by atoms with Crippen molar-refractivity contribution < 1.29 is 46.8 Å². The number of aliphatic carboxylic acids is 1. The lowest BCUT2D eigenvalue weighted by atomic mass is 9.77. The Labute approximate surface area is 216 Å². The van der Waals surface area contributed by atoms with Gasteiger partial charge in [-0.3, -0.25) is 4.90 Å². The fourth-order valence-corrected chi connectivity index (χ4v) is 4.50. The Bertz CT molecular complexity index is 1160. The molecule has 1 heterocycles. The molecule has 0 atom stereocenters. The van der Waals surface area contributed by atoms with Crippen molar-refractivity contribution in [3.8, 4) is 11.8 Å². The lowest BCUT2D eigenvalue weighted by Gasteiger charge is -2.43. The summed E-state index contributed by atoms with van der Waals surface area (Å²) in [7, 11) is 1.27. The highest BCUT2D eigenvalue weighted by Gasteiger charge is 2.60. The van der Waals surface area contributed by atoms with Crippen LogP contribution in [-0.2, 0) is 4.79 Å². The van der Waals surface area contributed by atoms with E-state index in [1.165, 1.54) is 24.1 Å². The van der Waals surface area contributed by atoms with Gasteiger partial charge in [-0.05, 0) is 49.3 Å². The summed E-state index contributed by atoms with van der Waals surface area (Å²) in [6.45, 7) is 0.545. The Morgan fingerprint density at radius 3 is 2.34 bits per heavy atom. The molecule has 208 valence electrons. The number of nitrogens with one attached hydrogen (secondary N) is 1. The standard InChI is InChI=1S/C25H29F4N3O6/c1-14(2)16-6-4-5-7-18(16)32(15-10-12-24(36,13-11-15)25(28,29)21(33)34)23(35)30-17-8-9-19(37-3)31-20(17)38-22(26)27/h4-9,14-15,22,36H,10-13H2,1-3H3,(H,30,35)(H,33,34). The van der Waals surface area contributed by atoms with Crippen molar-refractivity contribution in [1.82, 2.24) is 4.98 Å².